The van der Waals surface area contributed by atoms with Gasteiger partial charge < -0.3 is 4.74 Å². The van der Waals surface area contributed by atoms with Gasteiger partial charge in [-0.25, -0.2) is 4.79 Å². The van der Waals surface area contributed by atoms with Crippen molar-refractivity contribution in [3.8, 4) is 0 Å². The first-order valence-corrected chi connectivity index (χ1v) is 5.09. The van der Waals surface area contributed by atoms with Gasteiger partial charge in [0.05, 0.1) is 6.61 Å². The first kappa shape index (κ1) is 10.1. The van der Waals surface area contributed by atoms with Gasteiger partial charge in [-0.15, -0.1) is 10.2 Å². The van der Waals surface area contributed by atoms with Crippen LogP contribution in [0.5, 0.6) is 0 Å². The second kappa shape index (κ2) is 4.00. The predicted molar refractivity (Wildman–Crippen MR) is 55.0 cm³/mol. The van der Waals surface area contributed by atoms with E-state index in [0.29, 0.717) is 3.70 Å². The SMILES string of the molecule is CCOC(=O)c1nnc2nnnn2c1I. The van der Waals surface area contributed by atoms with E-state index in [2.05, 4.69) is 25.7 Å². The number of rotatable bonds is 2. The Kier molecular flexibility index (Phi) is 2.70. The number of aromatic nitrogens is 6. The summed E-state index contributed by atoms with van der Waals surface area (Å²) in [5, 5.41) is 18.0. The second-order valence-corrected chi connectivity index (χ2v) is 3.47. The van der Waals surface area contributed by atoms with E-state index in [4.69, 9.17) is 4.74 Å². The molecule has 2 aromatic heterocycles. The van der Waals surface area contributed by atoms with E-state index in [1.807, 2.05) is 22.6 Å². The molecule has 9 heteroatoms. The van der Waals surface area contributed by atoms with Crippen molar-refractivity contribution in [1.29, 1.82) is 0 Å². The highest BCUT2D eigenvalue weighted by molar-refractivity contribution is 14.1. The number of carbonyl (C=O) groups is 1. The van der Waals surface area contributed by atoms with Gasteiger partial charge in [-0.1, -0.05) is 5.10 Å². The van der Waals surface area contributed by atoms with Gasteiger partial charge in [0.2, 0.25) is 5.69 Å². The van der Waals surface area contributed by atoms with Gasteiger partial charge >= 0.3 is 5.97 Å². The summed E-state index contributed by atoms with van der Waals surface area (Å²) in [5.41, 5.74) is 0.109. The molecule has 2 rings (SSSR count). The van der Waals surface area contributed by atoms with Gasteiger partial charge in [-0.3, -0.25) is 0 Å². The molecule has 0 N–H and O–H groups in total. The smallest absolute Gasteiger partial charge is 0.361 e. The number of hydrogen-bond donors (Lipinski definition) is 0. The van der Waals surface area contributed by atoms with Crippen LogP contribution in [0.15, 0.2) is 0 Å². The normalized spacial score (nSPS) is 10.5. The molecular formula is C6H5IN6O2. The van der Waals surface area contributed by atoms with E-state index in [1.165, 1.54) is 4.52 Å². The molecule has 0 aliphatic rings. The van der Waals surface area contributed by atoms with Gasteiger partial charge in [-0.05, 0) is 39.9 Å². The van der Waals surface area contributed by atoms with Crippen LogP contribution in [0.4, 0.5) is 0 Å². The molecule has 0 saturated carbocycles. The lowest BCUT2D eigenvalue weighted by molar-refractivity contribution is 0.0515. The lowest BCUT2D eigenvalue weighted by Gasteiger charge is -2.01. The molecule has 0 fully saturated rings. The van der Waals surface area contributed by atoms with Crippen LogP contribution in [0.1, 0.15) is 17.4 Å². The number of tetrazole rings is 1. The van der Waals surface area contributed by atoms with E-state index in [1.54, 1.807) is 6.92 Å². The first-order chi connectivity index (χ1) is 7.24. The third kappa shape index (κ3) is 1.73. The van der Waals surface area contributed by atoms with Crippen LogP contribution in [0.2, 0.25) is 0 Å². The lowest BCUT2D eigenvalue weighted by Crippen LogP contribution is -2.14. The monoisotopic (exact) mass is 320 g/mol. The highest BCUT2D eigenvalue weighted by Gasteiger charge is 2.18. The van der Waals surface area contributed by atoms with Crippen molar-refractivity contribution in [2.75, 3.05) is 6.61 Å². The lowest BCUT2D eigenvalue weighted by atomic mass is 10.5. The largest absolute Gasteiger partial charge is 0.461 e. The van der Waals surface area contributed by atoms with Crippen molar-refractivity contribution in [3.63, 3.8) is 0 Å². The van der Waals surface area contributed by atoms with Gasteiger partial charge in [0.25, 0.3) is 5.78 Å². The molecule has 0 aliphatic carbocycles. The number of ether oxygens (including phenoxy) is 1. The molecule has 2 aromatic rings. The number of nitrogens with zero attached hydrogens (tertiary/aromatic N) is 6. The summed E-state index contributed by atoms with van der Waals surface area (Å²) in [4.78, 5) is 11.4. The number of halogens is 1. The molecule has 0 bridgehead atoms. The molecule has 0 amide bonds. The third-order valence-electron chi connectivity index (χ3n) is 1.54. The van der Waals surface area contributed by atoms with Crippen LogP contribution in [-0.4, -0.2) is 42.8 Å². The molecule has 2 heterocycles. The highest BCUT2D eigenvalue weighted by Crippen LogP contribution is 2.09. The van der Waals surface area contributed by atoms with Crippen LogP contribution in [0, 0.1) is 3.70 Å². The van der Waals surface area contributed by atoms with E-state index in [0.717, 1.165) is 0 Å². The van der Waals surface area contributed by atoms with E-state index in [9.17, 15) is 4.79 Å². The zero-order valence-electron chi connectivity index (χ0n) is 7.58. The standard InChI is InChI=1S/C6H5IN6O2/c1-2-15-5(14)3-4(7)13-6(9-8-3)10-11-12-13/h2H2,1H3. The molecule has 0 unspecified atom stereocenters. The van der Waals surface area contributed by atoms with Gasteiger partial charge in [0, 0.05) is 0 Å². The van der Waals surface area contributed by atoms with E-state index >= 15 is 0 Å². The summed E-state index contributed by atoms with van der Waals surface area (Å²) in [5.74, 6) is -0.292. The number of esters is 1. The zero-order chi connectivity index (χ0) is 10.8. The molecule has 0 spiro atoms. The fourth-order valence-corrected chi connectivity index (χ4v) is 1.57. The maximum atomic E-state index is 11.4. The zero-order valence-corrected chi connectivity index (χ0v) is 9.74. The summed E-state index contributed by atoms with van der Waals surface area (Å²) < 4.78 is 6.60. The molecule has 78 valence electrons. The van der Waals surface area contributed by atoms with Crippen LogP contribution in [0.3, 0.4) is 0 Å². The second-order valence-electron chi connectivity index (χ2n) is 2.45. The predicted octanol–water partition coefficient (Wildman–Crippen LogP) is -0.304. The molecule has 0 atom stereocenters. The Labute approximate surface area is 97.2 Å². The number of hydrogen-bond acceptors (Lipinski definition) is 7. The highest BCUT2D eigenvalue weighted by atomic mass is 127. The molecule has 0 radical (unpaired) electrons. The maximum Gasteiger partial charge on any atom is 0.361 e. The molecule has 15 heavy (non-hydrogen) atoms. The topological polar surface area (TPSA) is 95.2 Å². The Morgan fingerprint density at radius 1 is 1.47 bits per heavy atom. The van der Waals surface area contributed by atoms with Gasteiger partial charge in [0.15, 0.2) is 0 Å². The molecule has 0 aromatic carbocycles. The van der Waals surface area contributed by atoms with Gasteiger partial charge in [0.1, 0.15) is 3.70 Å². The average molecular weight is 320 g/mol. The third-order valence-corrected chi connectivity index (χ3v) is 2.51. The van der Waals surface area contributed by atoms with Crippen LogP contribution in [0.25, 0.3) is 5.78 Å². The molecule has 0 saturated heterocycles. The fourth-order valence-electron chi connectivity index (χ4n) is 0.933. The van der Waals surface area contributed by atoms with Crippen LogP contribution < -0.4 is 0 Å². The van der Waals surface area contributed by atoms with Crippen LogP contribution in [-0.2, 0) is 4.74 Å². The number of carbonyl (C=O) groups excluding carboxylic acids is 1. The summed E-state index contributed by atoms with van der Waals surface area (Å²) in [6, 6.07) is 0. The minimum atomic E-state index is -0.535. The Morgan fingerprint density at radius 2 is 2.27 bits per heavy atom. The Balaban J connectivity index is 2.52. The Morgan fingerprint density at radius 3 is 3.00 bits per heavy atom. The minimum Gasteiger partial charge on any atom is -0.461 e. The Hall–Kier alpha value is -1.39. The van der Waals surface area contributed by atoms with Crippen molar-refractivity contribution in [1.82, 2.24) is 30.2 Å². The summed E-state index contributed by atoms with van der Waals surface area (Å²) in [6.07, 6.45) is 0. The fraction of sp³-hybridized carbons (Fsp3) is 0.333. The Bertz CT molecular complexity index is 511. The quantitative estimate of drug-likeness (QED) is 0.553. The van der Waals surface area contributed by atoms with Crippen molar-refractivity contribution < 1.29 is 9.53 Å². The van der Waals surface area contributed by atoms with Crippen molar-refractivity contribution in [3.05, 3.63) is 9.39 Å². The van der Waals surface area contributed by atoms with E-state index < -0.39 is 5.97 Å². The molecule has 8 nitrogen and oxygen atoms in total. The minimum absolute atomic E-state index is 0.109. The molecule has 0 aliphatic heterocycles. The summed E-state index contributed by atoms with van der Waals surface area (Å²) >= 11 is 1.91. The first-order valence-electron chi connectivity index (χ1n) is 4.01. The number of fused-ring (bicyclic) bond motifs is 1. The van der Waals surface area contributed by atoms with Crippen LogP contribution >= 0.6 is 22.6 Å². The van der Waals surface area contributed by atoms with Crippen molar-refractivity contribution in [2.24, 2.45) is 0 Å². The van der Waals surface area contributed by atoms with Crippen molar-refractivity contribution >= 4 is 34.3 Å². The summed E-state index contributed by atoms with van der Waals surface area (Å²) in [6.45, 7) is 2.00. The average Bonchev–Trinajstić information content (AvgIpc) is 2.67. The van der Waals surface area contributed by atoms with Gasteiger partial charge in [-0.2, -0.15) is 4.52 Å². The summed E-state index contributed by atoms with van der Waals surface area (Å²) in [7, 11) is 0. The van der Waals surface area contributed by atoms with Crippen molar-refractivity contribution in [2.45, 2.75) is 6.92 Å². The van der Waals surface area contributed by atoms with E-state index in [-0.39, 0.29) is 18.1 Å². The maximum absolute atomic E-state index is 11.4. The molecular weight excluding hydrogens is 315 g/mol.